The number of aromatic nitrogens is 2. The zero-order valence-corrected chi connectivity index (χ0v) is 10.2. The van der Waals surface area contributed by atoms with E-state index in [0.717, 1.165) is 12.2 Å². The predicted molar refractivity (Wildman–Crippen MR) is 59.7 cm³/mol. The van der Waals surface area contributed by atoms with Crippen molar-refractivity contribution in [3.8, 4) is 0 Å². The highest BCUT2D eigenvalue weighted by molar-refractivity contribution is 5.03. The normalized spacial score (nSPS) is 16.4. The van der Waals surface area contributed by atoms with Crippen molar-refractivity contribution in [3.05, 3.63) is 11.7 Å². The topological polar surface area (TPSA) is 64.9 Å². The van der Waals surface area contributed by atoms with Gasteiger partial charge in [-0.1, -0.05) is 32.9 Å². The molecule has 1 rings (SSSR count). The van der Waals surface area contributed by atoms with E-state index in [1.165, 1.54) is 0 Å². The van der Waals surface area contributed by atoms with E-state index >= 15 is 0 Å². The van der Waals surface area contributed by atoms with Crippen molar-refractivity contribution in [2.75, 3.05) is 0 Å². The summed E-state index contributed by atoms with van der Waals surface area (Å²) in [5, 5.41) is 4.00. The van der Waals surface area contributed by atoms with Crippen molar-refractivity contribution >= 4 is 0 Å². The molecule has 4 heteroatoms. The summed E-state index contributed by atoms with van der Waals surface area (Å²) in [5.41, 5.74) is 5.80. The third-order valence-electron chi connectivity index (χ3n) is 2.50. The summed E-state index contributed by atoms with van der Waals surface area (Å²) in [6.07, 6.45) is 0.920. The first-order valence-corrected chi connectivity index (χ1v) is 5.46. The largest absolute Gasteiger partial charge is 0.339 e. The first kappa shape index (κ1) is 12.2. The monoisotopic (exact) mass is 211 g/mol. The standard InChI is InChI=1S/C11H21N3O/c1-6-8(7(2)12)9-13-10(14-15-9)11(3,4)5/h7-8H,6,12H2,1-5H3. The van der Waals surface area contributed by atoms with Crippen molar-refractivity contribution in [1.29, 1.82) is 0 Å². The molecular weight excluding hydrogens is 190 g/mol. The average Bonchev–Trinajstić information content (AvgIpc) is 2.52. The fraction of sp³-hybridized carbons (Fsp3) is 0.818. The molecule has 0 bridgehead atoms. The summed E-state index contributed by atoms with van der Waals surface area (Å²) in [7, 11) is 0. The van der Waals surface area contributed by atoms with E-state index in [4.69, 9.17) is 10.3 Å². The Bertz CT molecular complexity index is 312. The fourth-order valence-electron chi connectivity index (χ4n) is 1.46. The van der Waals surface area contributed by atoms with Crippen LogP contribution in [0.4, 0.5) is 0 Å². The zero-order chi connectivity index (χ0) is 11.6. The van der Waals surface area contributed by atoms with Crippen LogP contribution in [0.15, 0.2) is 4.52 Å². The van der Waals surface area contributed by atoms with Gasteiger partial charge in [-0.15, -0.1) is 0 Å². The van der Waals surface area contributed by atoms with Crippen molar-refractivity contribution in [2.24, 2.45) is 5.73 Å². The molecule has 0 radical (unpaired) electrons. The highest BCUT2D eigenvalue weighted by Gasteiger charge is 2.25. The molecule has 0 aliphatic carbocycles. The van der Waals surface area contributed by atoms with Crippen molar-refractivity contribution in [3.63, 3.8) is 0 Å². The fourth-order valence-corrected chi connectivity index (χ4v) is 1.46. The molecule has 2 atom stereocenters. The lowest BCUT2D eigenvalue weighted by Crippen LogP contribution is -2.24. The van der Waals surface area contributed by atoms with Crippen LogP contribution < -0.4 is 5.73 Å². The SMILES string of the molecule is CCC(c1nc(C(C)(C)C)no1)C(C)N. The second-order valence-electron chi connectivity index (χ2n) is 5.08. The second-order valence-corrected chi connectivity index (χ2v) is 5.08. The molecule has 0 saturated heterocycles. The Kier molecular flexibility index (Phi) is 3.50. The molecule has 0 fully saturated rings. The summed E-state index contributed by atoms with van der Waals surface area (Å²) < 4.78 is 5.26. The molecular formula is C11H21N3O. The molecule has 86 valence electrons. The van der Waals surface area contributed by atoms with Crippen LogP contribution in [0.2, 0.25) is 0 Å². The Hall–Kier alpha value is -0.900. The maximum atomic E-state index is 5.87. The summed E-state index contributed by atoms with van der Waals surface area (Å²) in [6.45, 7) is 10.2. The Balaban J connectivity index is 2.92. The molecule has 2 unspecified atom stereocenters. The van der Waals surface area contributed by atoms with Gasteiger partial charge >= 0.3 is 0 Å². The minimum atomic E-state index is -0.0715. The predicted octanol–water partition coefficient (Wildman–Crippen LogP) is 2.21. The van der Waals surface area contributed by atoms with Crippen LogP contribution in [-0.4, -0.2) is 16.2 Å². The number of rotatable bonds is 3. The summed E-state index contributed by atoms with van der Waals surface area (Å²) in [6, 6.07) is 0.0447. The molecule has 0 amide bonds. The van der Waals surface area contributed by atoms with E-state index in [-0.39, 0.29) is 17.4 Å². The summed E-state index contributed by atoms with van der Waals surface area (Å²) in [5.74, 6) is 1.57. The molecule has 1 aromatic heterocycles. The molecule has 0 saturated carbocycles. The average molecular weight is 211 g/mol. The van der Waals surface area contributed by atoms with Gasteiger partial charge in [0.05, 0.1) is 5.92 Å². The summed E-state index contributed by atoms with van der Waals surface area (Å²) in [4.78, 5) is 4.42. The summed E-state index contributed by atoms with van der Waals surface area (Å²) >= 11 is 0. The van der Waals surface area contributed by atoms with Gasteiger partial charge in [0.2, 0.25) is 5.89 Å². The van der Waals surface area contributed by atoms with E-state index in [9.17, 15) is 0 Å². The lowest BCUT2D eigenvalue weighted by Gasteiger charge is -2.14. The van der Waals surface area contributed by atoms with Crippen molar-refractivity contribution in [1.82, 2.24) is 10.1 Å². The highest BCUT2D eigenvalue weighted by Crippen LogP contribution is 2.24. The Morgan fingerprint density at radius 2 is 2.00 bits per heavy atom. The van der Waals surface area contributed by atoms with Crippen molar-refractivity contribution in [2.45, 2.75) is 58.4 Å². The molecule has 0 aliphatic rings. The smallest absolute Gasteiger partial charge is 0.231 e. The Morgan fingerprint density at radius 1 is 1.40 bits per heavy atom. The van der Waals surface area contributed by atoms with Gasteiger partial charge in [0, 0.05) is 11.5 Å². The van der Waals surface area contributed by atoms with Gasteiger partial charge in [0.15, 0.2) is 5.82 Å². The van der Waals surface area contributed by atoms with Gasteiger partial charge in [0.1, 0.15) is 0 Å². The van der Waals surface area contributed by atoms with Gasteiger partial charge in [-0.05, 0) is 13.3 Å². The number of nitrogens with zero attached hydrogens (tertiary/aromatic N) is 2. The molecule has 4 nitrogen and oxygen atoms in total. The molecule has 1 heterocycles. The molecule has 15 heavy (non-hydrogen) atoms. The maximum absolute atomic E-state index is 5.87. The van der Waals surface area contributed by atoms with Crippen LogP contribution in [0.5, 0.6) is 0 Å². The number of hydrogen-bond acceptors (Lipinski definition) is 4. The Labute approximate surface area is 91.2 Å². The van der Waals surface area contributed by atoms with Crippen LogP contribution in [-0.2, 0) is 5.41 Å². The van der Waals surface area contributed by atoms with E-state index in [2.05, 4.69) is 37.8 Å². The van der Waals surface area contributed by atoms with Crippen LogP contribution >= 0.6 is 0 Å². The van der Waals surface area contributed by atoms with E-state index in [1.807, 2.05) is 6.92 Å². The third kappa shape index (κ3) is 2.78. The zero-order valence-electron chi connectivity index (χ0n) is 10.2. The minimum Gasteiger partial charge on any atom is -0.339 e. The van der Waals surface area contributed by atoms with Crippen LogP contribution in [0.1, 0.15) is 58.7 Å². The van der Waals surface area contributed by atoms with E-state index in [0.29, 0.717) is 5.89 Å². The first-order valence-electron chi connectivity index (χ1n) is 5.46. The maximum Gasteiger partial charge on any atom is 0.231 e. The molecule has 1 aromatic rings. The highest BCUT2D eigenvalue weighted by atomic mass is 16.5. The number of hydrogen-bond donors (Lipinski definition) is 1. The molecule has 0 aliphatic heterocycles. The van der Waals surface area contributed by atoms with E-state index in [1.54, 1.807) is 0 Å². The van der Waals surface area contributed by atoms with Gasteiger partial charge in [-0.25, -0.2) is 0 Å². The third-order valence-corrected chi connectivity index (χ3v) is 2.50. The molecule has 0 spiro atoms. The second kappa shape index (κ2) is 4.31. The Morgan fingerprint density at radius 3 is 2.33 bits per heavy atom. The lowest BCUT2D eigenvalue weighted by atomic mass is 9.95. The van der Waals surface area contributed by atoms with Gasteiger partial charge in [-0.3, -0.25) is 0 Å². The van der Waals surface area contributed by atoms with Gasteiger partial charge in [0.25, 0.3) is 0 Å². The number of nitrogens with two attached hydrogens (primary N) is 1. The molecule has 0 aromatic carbocycles. The minimum absolute atomic E-state index is 0.0447. The van der Waals surface area contributed by atoms with Gasteiger partial charge < -0.3 is 10.3 Å². The first-order chi connectivity index (χ1) is 6.86. The van der Waals surface area contributed by atoms with Gasteiger partial charge in [-0.2, -0.15) is 4.98 Å². The quantitative estimate of drug-likeness (QED) is 0.832. The van der Waals surface area contributed by atoms with E-state index < -0.39 is 0 Å². The van der Waals surface area contributed by atoms with Crippen LogP contribution in [0, 0.1) is 0 Å². The van der Waals surface area contributed by atoms with Crippen LogP contribution in [0.25, 0.3) is 0 Å². The molecule has 2 N–H and O–H groups in total. The van der Waals surface area contributed by atoms with Crippen molar-refractivity contribution < 1.29 is 4.52 Å². The lowest BCUT2D eigenvalue weighted by molar-refractivity contribution is 0.326. The van der Waals surface area contributed by atoms with Crippen LogP contribution in [0.3, 0.4) is 0 Å².